The number of aliphatic carboxylic acids is 1. The van der Waals surface area contributed by atoms with Gasteiger partial charge in [-0.1, -0.05) is 20.3 Å². The molecule has 0 amide bonds. The van der Waals surface area contributed by atoms with Gasteiger partial charge in [-0.2, -0.15) is 13.1 Å². The fraction of sp³-hybridized carbons (Fsp3) is 0.875. The number of hydrogen-bond donors (Lipinski definition) is 3. The average Bonchev–Trinajstić information content (AvgIpc) is 2.14. The highest BCUT2D eigenvalue weighted by Gasteiger charge is 2.22. The van der Waals surface area contributed by atoms with Gasteiger partial charge in [0.2, 0.25) is 0 Å². The summed E-state index contributed by atoms with van der Waals surface area (Å²) in [5.74, 6) is -1.15. The Hall–Kier alpha value is -0.660. The van der Waals surface area contributed by atoms with Crippen LogP contribution in [0.15, 0.2) is 0 Å². The molecule has 7 heteroatoms. The van der Waals surface area contributed by atoms with Crippen LogP contribution < -0.4 is 9.44 Å². The van der Waals surface area contributed by atoms with Gasteiger partial charge in [0.25, 0.3) is 10.2 Å². The van der Waals surface area contributed by atoms with Crippen LogP contribution >= 0.6 is 0 Å². The topological polar surface area (TPSA) is 95.5 Å². The molecule has 0 radical (unpaired) electrons. The molecule has 0 aliphatic rings. The van der Waals surface area contributed by atoms with Gasteiger partial charge in [-0.15, -0.1) is 0 Å². The van der Waals surface area contributed by atoms with E-state index >= 15 is 0 Å². The van der Waals surface area contributed by atoms with Gasteiger partial charge in [0.05, 0.1) is 0 Å². The molecule has 0 aliphatic heterocycles. The summed E-state index contributed by atoms with van der Waals surface area (Å²) in [6.45, 7) is 3.92. The van der Waals surface area contributed by atoms with Crippen molar-refractivity contribution in [1.29, 1.82) is 0 Å². The van der Waals surface area contributed by atoms with Gasteiger partial charge in [-0.25, -0.2) is 4.72 Å². The summed E-state index contributed by atoms with van der Waals surface area (Å²) in [6, 6.07) is -1.05. The fourth-order valence-electron chi connectivity index (χ4n) is 0.987. The molecular weight excluding hydrogens is 220 g/mol. The summed E-state index contributed by atoms with van der Waals surface area (Å²) < 4.78 is 26.9. The van der Waals surface area contributed by atoms with E-state index in [4.69, 9.17) is 5.11 Å². The molecule has 90 valence electrons. The molecule has 0 aliphatic carbocycles. The zero-order valence-corrected chi connectivity index (χ0v) is 9.80. The summed E-state index contributed by atoms with van der Waals surface area (Å²) in [5.41, 5.74) is 0. The first-order valence-corrected chi connectivity index (χ1v) is 6.41. The van der Waals surface area contributed by atoms with Gasteiger partial charge in [0, 0.05) is 6.54 Å². The fourth-order valence-corrected chi connectivity index (χ4v) is 2.14. The first-order valence-electron chi connectivity index (χ1n) is 4.92. The van der Waals surface area contributed by atoms with Crippen LogP contribution in [-0.4, -0.2) is 32.1 Å². The van der Waals surface area contributed by atoms with Crippen molar-refractivity contribution in [1.82, 2.24) is 9.44 Å². The SMILES string of the molecule is CCCNS(=O)(=O)NC(CCC)C(=O)O. The zero-order chi connectivity index (χ0) is 11.9. The molecule has 0 aromatic heterocycles. The van der Waals surface area contributed by atoms with Gasteiger partial charge < -0.3 is 5.11 Å². The standard InChI is InChI=1S/C8H18N2O4S/c1-3-5-7(8(11)12)10-15(13,14)9-6-4-2/h7,9-10H,3-6H2,1-2H3,(H,11,12). The number of carbonyl (C=O) groups is 1. The largest absolute Gasteiger partial charge is 0.480 e. The first kappa shape index (κ1) is 14.3. The lowest BCUT2D eigenvalue weighted by Gasteiger charge is -2.13. The van der Waals surface area contributed by atoms with Crippen LogP contribution in [0, 0.1) is 0 Å². The summed E-state index contributed by atoms with van der Waals surface area (Å²) in [6.07, 6.45) is 1.54. The van der Waals surface area contributed by atoms with Crippen molar-refractivity contribution in [2.75, 3.05) is 6.54 Å². The molecule has 0 spiro atoms. The Morgan fingerprint density at radius 1 is 1.33 bits per heavy atom. The second-order valence-corrected chi connectivity index (χ2v) is 4.73. The lowest BCUT2D eigenvalue weighted by molar-refractivity contribution is -0.139. The van der Waals surface area contributed by atoms with E-state index in [0.29, 0.717) is 19.4 Å². The molecular formula is C8H18N2O4S. The van der Waals surface area contributed by atoms with E-state index in [9.17, 15) is 13.2 Å². The maximum absolute atomic E-state index is 11.3. The number of nitrogens with one attached hydrogen (secondary N) is 2. The highest BCUT2D eigenvalue weighted by Crippen LogP contribution is 1.98. The molecule has 0 heterocycles. The van der Waals surface area contributed by atoms with E-state index in [2.05, 4.69) is 9.44 Å². The molecule has 1 atom stereocenters. The Labute approximate surface area is 90.2 Å². The van der Waals surface area contributed by atoms with E-state index in [1.165, 1.54) is 0 Å². The van der Waals surface area contributed by atoms with Crippen molar-refractivity contribution in [2.24, 2.45) is 0 Å². The van der Waals surface area contributed by atoms with Crippen molar-refractivity contribution in [3.05, 3.63) is 0 Å². The van der Waals surface area contributed by atoms with Crippen LogP contribution in [0.1, 0.15) is 33.1 Å². The van der Waals surface area contributed by atoms with E-state index in [-0.39, 0.29) is 6.42 Å². The van der Waals surface area contributed by atoms with Crippen LogP contribution in [0.4, 0.5) is 0 Å². The van der Waals surface area contributed by atoms with Crippen LogP contribution in [-0.2, 0) is 15.0 Å². The molecule has 1 unspecified atom stereocenters. The average molecular weight is 238 g/mol. The summed E-state index contributed by atoms with van der Waals surface area (Å²) in [4.78, 5) is 10.7. The third-order valence-corrected chi connectivity index (χ3v) is 2.89. The smallest absolute Gasteiger partial charge is 0.321 e. The quantitative estimate of drug-likeness (QED) is 0.557. The monoisotopic (exact) mass is 238 g/mol. The maximum Gasteiger partial charge on any atom is 0.321 e. The minimum atomic E-state index is -3.69. The van der Waals surface area contributed by atoms with Gasteiger partial charge in [-0.05, 0) is 12.8 Å². The number of rotatable bonds is 8. The van der Waals surface area contributed by atoms with E-state index in [1.807, 2.05) is 6.92 Å². The predicted molar refractivity (Wildman–Crippen MR) is 56.7 cm³/mol. The highest BCUT2D eigenvalue weighted by atomic mass is 32.2. The van der Waals surface area contributed by atoms with Gasteiger partial charge in [0.1, 0.15) is 6.04 Å². The van der Waals surface area contributed by atoms with E-state index in [0.717, 1.165) is 0 Å². The Balaban J connectivity index is 4.32. The minimum absolute atomic E-state index is 0.280. The minimum Gasteiger partial charge on any atom is -0.480 e. The molecule has 0 aromatic rings. The molecule has 0 saturated carbocycles. The zero-order valence-electron chi connectivity index (χ0n) is 8.99. The molecule has 0 rings (SSSR count). The Morgan fingerprint density at radius 3 is 2.33 bits per heavy atom. The lowest BCUT2D eigenvalue weighted by Crippen LogP contribution is -2.46. The van der Waals surface area contributed by atoms with Gasteiger partial charge in [0.15, 0.2) is 0 Å². The number of carboxylic acid groups (broad SMARTS) is 1. The van der Waals surface area contributed by atoms with E-state index < -0.39 is 22.2 Å². The summed E-state index contributed by atoms with van der Waals surface area (Å²) in [5, 5.41) is 8.74. The molecule has 0 saturated heterocycles. The van der Waals surface area contributed by atoms with Crippen LogP contribution in [0.2, 0.25) is 0 Å². The third kappa shape index (κ3) is 6.43. The molecule has 0 fully saturated rings. The highest BCUT2D eigenvalue weighted by molar-refractivity contribution is 7.87. The summed E-state index contributed by atoms with van der Waals surface area (Å²) in [7, 11) is -3.69. The van der Waals surface area contributed by atoms with Crippen LogP contribution in [0.25, 0.3) is 0 Å². The third-order valence-electron chi connectivity index (χ3n) is 1.71. The second-order valence-electron chi connectivity index (χ2n) is 3.20. The summed E-state index contributed by atoms with van der Waals surface area (Å²) >= 11 is 0. The first-order chi connectivity index (χ1) is 6.93. The van der Waals surface area contributed by atoms with Gasteiger partial charge in [-0.3, -0.25) is 4.79 Å². The van der Waals surface area contributed by atoms with Gasteiger partial charge >= 0.3 is 5.97 Å². The molecule has 3 N–H and O–H groups in total. The van der Waals surface area contributed by atoms with Crippen molar-refractivity contribution in [3.63, 3.8) is 0 Å². The number of hydrogen-bond acceptors (Lipinski definition) is 3. The number of carboxylic acids is 1. The maximum atomic E-state index is 11.3. The molecule has 15 heavy (non-hydrogen) atoms. The second kappa shape index (κ2) is 6.76. The van der Waals surface area contributed by atoms with Crippen LogP contribution in [0.3, 0.4) is 0 Å². The Kier molecular flexibility index (Phi) is 6.46. The molecule has 6 nitrogen and oxygen atoms in total. The lowest BCUT2D eigenvalue weighted by atomic mass is 10.2. The van der Waals surface area contributed by atoms with E-state index in [1.54, 1.807) is 6.92 Å². The van der Waals surface area contributed by atoms with Crippen molar-refractivity contribution in [3.8, 4) is 0 Å². The predicted octanol–water partition coefficient (Wildman–Crippen LogP) is 0.0737. The Bertz CT molecular complexity index is 289. The van der Waals surface area contributed by atoms with Crippen molar-refractivity contribution < 1.29 is 18.3 Å². The Morgan fingerprint density at radius 2 is 1.93 bits per heavy atom. The van der Waals surface area contributed by atoms with Crippen molar-refractivity contribution >= 4 is 16.2 Å². The van der Waals surface area contributed by atoms with Crippen molar-refractivity contribution in [2.45, 2.75) is 39.2 Å². The molecule has 0 bridgehead atoms. The van der Waals surface area contributed by atoms with Crippen LogP contribution in [0.5, 0.6) is 0 Å². The molecule has 0 aromatic carbocycles. The normalized spacial score (nSPS) is 13.7.